The van der Waals surface area contributed by atoms with Crippen molar-refractivity contribution in [1.29, 1.82) is 0 Å². The molecule has 0 atom stereocenters. The third-order valence-corrected chi connectivity index (χ3v) is 4.46. The van der Waals surface area contributed by atoms with Crippen molar-refractivity contribution in [3.8, 4) is 0 Å². The maximum atomic E-state index is 5.53. The van der Waals surface area contributed by atoms with Gasteiger partial charge in [0.1, 0.15) is 0 Å². The summed E-state index contributed by atoms with van der Waals surface area (Å²) in [4.78, 5) is 10.1. The standard InChI is InChI=1S/C16H30N4OS/c1-5-6-11-21-12-7-9-18-16(17-4)19-10-8-15-20-13(2)14(3)22-15/h5-12H2,1-4H3,(H2,17,18,19). The van der Waals surface area contributed by atoms with Crippen LogP contribution in [0.5, 0.6) is 0 Å². The fraction of sp³-hybridized carbons (Fsp3) is 0.750. The number of ether oxygens (including phenoxy) is 1. The van der Waals surface area contributed by atoms with Gasteiger partial charge in [0.2, 0.25) is 0 Å². The van der Waals surface area contributed by atoms with E-state index in [0.29, 0.717) is 0 Å². The summed E-state index contributed by atoms with van der Waals surface area (Å²) in [5.74, 6) is 0.846. The van der Waals surface area contributed by atoms with Crippen molar-refractivity contribution in [2.24, 2.45) is 4.99 Å². The second-order valence-electron chi connectivity index (χ2n) is 5.24. The van der Waals surface area contributed by atoms with Gasteiger partial charge in [-0.3, -0.25) is 4.99 Å². The van der Waals surface area contributed by atoms with Crippen molar-refractivity contribution < 1.29 is 4.74 Å². The van der Waals surface area contributed by atoms with Gasteiger partial charge >= 0.3 is 0 Å². The Morgan fingerprint density at radius 2 is 1.91 bits per heavy atom. The molecule has 0 saturated heterocycles. The van der Waals surface area contributed by atoms with Crippen molar-refractivity contribution in [3.63, 3.8) is 0 Å². The highest BCUT2D eigenvalue weighted by Crippen LogP contribution is 2.16. The van der Waals surface area contributed by atoms with E-state index >= 15 is 0 Å². The van der Waals surface area contributed by atoms with Gasteiger partial charge in [-0.15, -0.1) is 11.3 Å². The number of nitrogens with one attached hydrogen (secondary N) is 2. The summed E-state index contributed by atoms with van der Waals surface area (Å²) >= 11 is 1.78. The topological polar surface area (TPSA) is 58.5 Å². The average molecular weight is 327 g/mol. The number of hydrogen-bond donors (Lipinski definition) is 2. The van der Waals surface area contributed by atoms with Crippen molar-refractivity contribution in [3.05, 3.63) is 15.6 Å². The van der Waals surface area contributed by atoms with Crippen LogP contribution in [0.2, 0.25) is 0 Å². The molecule has 1 aromatic rings. The molecule has 0 spiro atoms. The van der Waals surface area contributed by atoms with E-state index in [4.69, 9.17) is 4.74 Å². The Morgan fingerprint density at radius 3 is 2.55 bits per heavy atom. The summed E-state index contributed by atoms with van der Waals surface area (Å²) in [6.07, 6.45) is 4.26. The number of hydrogen-bond acceptors (Lipinski definition) is 4. The zero-order valence-electron chi connectivity index (χ0n) is 14.4. The molecular weight excluding hydrogens is 296 g/mol. The number of aromatic nitrogens is 1. The summed E-state index contributed by atoms with van der Waals surface area (Å²) in [7, 11) is 1.80. The third-order valence-electron chi connectivity index (χ3n) is 3.33. The van der Waals surface area contributed by atoms with E-state index in [1.807, 2.05) is 0 Å². The Hall–Kier alpha value is -1.14. The van der Waals surface area contributed by atoms with Gasteiger partial charge in [-0.05, 0) is 26.7 Å². The smallest absolute Gasteiger partial charge is 0.190 e. The minimum atomic E-state index is 0.807. The maximum Gasteiger partial charge on any atom is 0.190 e. The van der Waals surface area contributed by atoms with Crippen LogP contribution < -0.4 is 10.6 Å². The van der Waals surface area contributed by atoms with Gasteiger partial charge in [-0.1, -0.05) is 13.3 Å². The van der Waals surface area contributed by atoms with E-state index in [2.05, 4.69) is 41.4 Å². The molecule has 0 unspecified atom stereocenters. The van der Waals surface area contributed by atoms with E-state index in [-0.39, 0.29) is 0 Å². The van der Waals surface area contributed by atoms with Crippen LogP contribution in [0.3, 0.4) is 0 Å². The molecule has 1 heterocycles. The molecule has 1 aromatic heterocycles. The molecule has 0 radical (unpaired) electrons. The molecule has 0 aromatic carbocycles. The number of nitrogens with zero attached hydrogens (tertiary/aromatic N) is 2. The van der Waals surface area contributed by atoms with Crippen LogP contribution in [-0.2, 0) is 11.2 Å². The van der Waals surface area contributed by atoms with Crippen LogP contribution in [0.25, 0.3) is 0 Å². The molecule has 2 N–H and O–H groups in total. The number of aliphatic imine (C=N–C) groups is 1. The van der Waals surface area contributed by atoms with Gasteiger partial charge < -0.3 is 15.4 Å². The van der Waals surface area contributed by atoms with Gasteiger partial charge in [0.25, 0.3) is 0 Å². The normalized spacial score (nSPS) is 11.7. The SMILES string of the molecule is CCCCOCCCNC(=NC)NCCc1nc(C)c(C)s1. The minimum Gasteiger partial charge on any atom is -0.381 e. The van der Waals surface area contributed by atoms with Crippen molar-refractivity contribution >= 4 is 17.3 Å². The Labute approximate surface area is 138 Å². The molecule has 6 heteroatoms. The molecule has 5 nitrogen and oxygen atoms in total. The molecule has 126 valence electrons. The Morgan fingerprint density at radius 1 is 1.18 bits per heavy atom. The lowest BCUT2D eigenvalue weighted by Crippen LogP contribution is -2.39. The van der Waals surface area contributed by atoms with E-state index < -0.39 is 0 Å². The monoisotopic (exact) mass is 326 g/mol. The lowest BCUT2D eigenvalue weighted by atomic mass is 10.4. The summed E-state index contributed by atoms with van der Waals surface area (Å²) in [6.45, 7) is 9.76. The summed E-state index contributed by atoms with van der Waals surface area (Å²) in [5, 5.41) is 7.81. The van der Waals surface area contributed by atoms with Gasteiger partial charge in [0.05, 0.1) is 10.7 Å². The van der Waals surface area contributed by atoms with Crippen molar-refractivity contribution in [2.45, 2.75) is 46.5 Å². The van der Waals surface area contributed by atoms with Crippen molar-refractivity contribution in [1.82, 2.24) is 15.6 Å². The first kappa shape index (κ1) is 18.9. The number of unbranched alkanes of at least 4 members (excludes halogenated alkanes) is 1. The Balaban J connectivity index is 2.09. The molecule has 0 amide bonds. The molecule has 0 aliphatic heterocycles. The highest BCUT2D eigenvalue weighted by atomic mass is 32.1. The zero-order chi connectivity index (χ0) is 16.2. The second kappa shape index (κ2) is 11.4. The van der Waals surface area contributed by atoms with Crippen LogP contribution >= 0.6 is 11.3 Å². The van der Waals surface area contributed by atoms with E-state index in [1.54, 1.807) is 18.4 Å². The van der Waals surface area contributed by atoms with Crippen LogP contribution in [0.15, 0.2) is 4.99 Å². The van der Waals surface area contributed by atoms with Crippen LogP contribution in [-0.4, -0.2) is 44.3 Å². The molecule has 0 saturated carbocycles. The van der Waals surface area contributed by atoms with E-state index in [1.165, 1.54) is 16.3 Å². The summed E-state index contributed by atoms with van der Waals surface area (Å²) in [6, 6.07) is 0. The predicted molar refractivity (Wildman–Crippen MR) is 95.0 cm³/mol. The van der Waals surface area contributed by atoms with Crippen LogP contribution in [0, 0.1) is 13.8 Å². The zero-order valence-corrected chi connectivity index (χ0v) is 15.2. The minimum absolute atomic E-state index is 0.807. The second-order valence-corrected chi connectivity index (χ2v) is 6.53. The molecular formula is C16H30N4OS. The number of aryl methyl sites for hydroxylation is 2. The molecule has 0 bridgehead atoms. The fourth-order valence-corrected chi connectivity index (χ4v) is 2.82. The molecule has 0 aliphatic rings. The molecule has 0 fully saturated rings. The van der Waals surface area contributed by atoms with Gasteiger partial charge in [-0.25, -0.2) is 4.98 Å². The number of rotatable bonds is 10. The first-order valence-corrected chi connectivity index (χ1v) is 8.94. The lowest BCUT2D eigenvalue weighted by Gasteiger charge is -2.11. The predicted octanol–water partition coefficient (Wildman–Crippen LogP) is 2.67. The quantitative estimate of drug-likeness (QED) is 0.394. The summed E-state index contributed by atoms with van der Waals surface area (Å²) < 4.78 is 5.53. The number of thiazole rings is 1. The van der Waals surface area contributed by atoms with E-state index in [0.717, 1.165) is 57.2 Å². The van der Waals surface area contributed by atoms with Gasteiger partial charge in [0.15, 0.2) is 5.96 Å². The summed E-state index contributed by atoms with van der Waals surface area (Å²) in [5.41, 5.74) is 1.14. The Kier molecular flexibility index (Phi) is 9.82. The Bertz CT molecular complexity index is 426. The highest BCUT2D eigenvalue weighted by Gasteiger charge is 2.04. The third kappa shape index (κ3) is 7.75. The number of guanidine groups is 1. The maximum absolute atomic E-state index is 5.53. The highest BCUT2D eigenvalue weighted by molar-refractivity contribution is 7.11. The first-order chi connectivity index (χ1) is 10.7. The lowest BCUT2D eigenvalue weighted by molar-refractivity contribution is 0.129. The van der Waals surface area contributed by atoms with Crippen molar-refractivity contribution in [2.75, 3.05) is 33.4 Å². The molecule has 22 heavy (non-hydrogen) atoms. The van der Waals surface area contributed by atoms with Gasteiger partial charge in [-0.2, -0.15) is 0 Å². The van der Waals surface area contributed by atoms with E-state index in [9.17, 15) is 0 Å². The molecule has 1 rings (SSSR count). The average Bonchev–Trinajstić information content (AvgIpc) is 2.83. The molecule has 0 aliphatic carbocycles. The fourth-order valence-electron chi connectivity index (χ4n) is 1.88. The van der Waals surface area contributed by atoms with Crippen LogP contribution in [0.4, 0.5) is 0 Å². The van der Waals surface area contributed by atoms with Gasteiger partial charge in [0, 0.05) is 44.6 Å². The first-order valence-electron chi connectivity index (χ1n) is 8.12. The van der Waals surface area contributed by atoms with Crippen LogP contribution in [0.1, 0.15) is 41.8 Å². The largest absolute Gasteiger partial charge is 0.381 e.